The molecule has 0 spiro atoms. The van der Waals surface area contributed by atoms with Crippen LogP contribution < -0.4 is 15.1 Å². The Labute approximate surface area is 164 Å². The van der Waals surface area contributed by atoms with Gasteiger partial charge in [-0.1, -0.05) is 0 Å². The lowest BCUT2D eigenvalue weighted by atomic mass is 9.95. The number of hydrogen-bond acceptors (Lipinski definition) is 6. The summed E-state index contributed by atoms with van der Waals surface area (Å²) in [6, 6.07) is 9.97. The van der Waals surface area contributed by atoms with Crippen molar-refractivity contribution in [3.63, 3.8) is 0 Å². The normalized spacial score (nSPS) is 15.0. The average Bonchev–Trinajstić information content (AvgIpc) is 3.17. The summed E-state index contributed by atoms with van der Waals surface area (Å²) >= 11 is 0. The van der Waals surface area contributed by atoms with Gasteiger partial charge in [0, 0.05) is 44.5 Å². The van der Waals surface area contributed by atoms with E-state index in [1.54, 1.807) is 10.8 Å². The number of nitrogens with one attached hydrogen (secondary N) is 1. The Bertz CT molecular complexity index is 989. The van der Waals surface area contributed by atoms with Crippen molar-refractivity contribution >= 4 is 28.7 Å². The number of fused-ring (bicyclic) bond motifs is 1. The number of aryl methyl sites for hydroxylation is 1. The van der Waals surface area contributed by atoms with Crippen LogP contribution in [-0.4, -0.2) is 52.9 Å². The highest BCUT2D eigenvalue weighted by Crippen LogP contribution is 2.25. The number of nitrogens with zero attached hydrogens (tertiary/aromatic N) is 6. The van der Waals surface area contributed by atoms with Crippen molar-refractivity contribution in [2.45, 2.75) is 19.8 Å². The number of benzene rings is 1. The molecule has 1 aromatic carbocycles. The fourth-order valence-electron chi connectivity index (χ4n) is 3.56. The van der Waals surface area contributed by atoms with E-state index < -0.39 is 0 Å². The lowest BCUT2D eigenvalue weighted by Gasteiger charge is -2.32. The van der Waals surface area contributed by atoms with Crippen LogP contribution >= 0.6 is 0 Å². The Balaban J connectivity index is 1.37. The fraction of sp³-hybridized carbons (Fsp3) is 0.400. The smallest absolute Gasteiger partial charge is 0.227 e. The maximum absolute atomic E-state index is 12.7. The molecule has 1 aliphatic heterocycles. The zero-order valence-electron chi connectivity index (χ0n) is 16.5. The lowest BCUT2D eigenvalue weighted by Crippen LogP contribution is -2.38. The third kappa shape index (κ3) is 3.62. The third-order valence-corrected chi connectivity index (χ3v) is 5.32. The minimum absolute atomic E-state index is 0.0165. The van der Waals surface area contributed by atoms with Gasteiger partial charge in [-0.3, -0.25) is 4.79 Å². The van der Waals surface area contributed by atoms with Crippen molar-refractivity contribution in [2.75, 3.05) is 42.3 Å². The molecule has 3 heterocycles. The van der Waals surface area contributed by atoms with Gasteiger partial charge in [-0.2, -0.15) is 4.52 Å². The molecule has 8 nitrogen and oxygen atoms in total. The van der Waals surface area contributed by atoms with Gasteiger partial charge >= 0.3 is 0 Å². The van der Waals surface area contributed by atoms with E-state index in [9.17, 15) is 4.79 Å². The van der Waals surface area contributed by atoms with Crippen LogP contribution in [0.2, 0.25) is 0 Å². The lowest BCUT2D eigenvalue weighted by molar-refractivity contribution is -0.120. The van der Waals surface area contributed by atoms with E-state index in [0.717, 1.165) is 54.3 Å². The van der Waals surface area contributed by atoms with Crippen molar-refractivity contribution in [1.29, 1.82) is 0 Å². The summed E-state index contributed by atoms with van der Waals surface area (Å²) in [6.07, 6.45) is 3.22. The molecule has 0 saturated carbocycles. The van der Waals surface area contributed by atoms with Crippen LogP contribution in [0.5, 0.6) is 0 Å². The summed E-state index contributed by atoms with van der Waals surface area (Å²) in [5.74, 6) is 1.01. The molecule has 1 fully saturated rings. The second-order valence-electron chi connectivity index (χ2n) is 7.47. The molecule has 3 aromatic rings. The third-order valence-electron chi connectivity index (χ3n) is 5.32. The van der Waals surface area contributed by atoms with E-state index >= 15 is 0 Å². The van der Waals surface area contributed by atoms with Crippen LogP contribution in [0.15, 0.2) is 36.7 Å². The molecular weight excluding hydrogens is 354 g/mol. The van der Waals surface area contributed by atoms with Gasteiger partial charge in [0.15, 0.2) is 5.65 Å². The molecule has 8 heteroatoms. The van der Waals surface area contributed by atoms with E-state index in [2.05, 4.69) is 36.5 Å². The Kier molecular flexibility index (Phi) is 4.85. The molecule has 0 bridgehead atoms. The highest BCUT2D eigenvalue weighted by Gasteiger charge is 2.26. The summed E-state index contributed by atoms with van der Waals surface area (Å²) in [5.41, 5.74) is 3.82. The van der Waals surface area contributed by atoms with Crippen LogP contribution in [0.1, 0.15) is 18.4 Å². The van der Waals surface area contributed by atoms with Crippen LogP contribution in [0.3, 0.4) is 0 Å². The molecule has 0 atom stereocenters. The number of piperidine rings is 1. The van der Waals surface area contributed by atoms with Crippen molar-refractivity contribution in [3.8, 4) is 0 Å². The van der Waals surface area contributed by atoms with Crippen molar-refractivity contribution < 1.29 is 4.79 Å². The minimum atomic E-state index is 0.0165. The molecule has 1 saturated heterocycles. The highest BCUT2D eigenvalue weighted by molar-refractivity contribution is 5.93. The maximum Gasteiger partial charge on any atom is 0.227 e. The Morgan fingerprint density at radius 3 is 2.68 bits per heavy atom. The van der Waals surface area contributed by atoms with Gasteiger partial charge in [0.1, 0.15) is 12.1 Å². The number of amides is 1. The molecule has 2 aromatic heterocycles. The summed E-state index contributed by atoms with van der Waals surface area (Å²) < 4.78 is 1.67. The van der Waals surface area contributed by atoms with E-state index in [1.165, 1.54) is 0 Å². The number of carbonyl (C=O) groups is 1. The molecule has 1 amide bonds. The SMILES string of the molecule is Cc1cc(N(C)C)ccc1NC(=O)C1CCN(c2ccc3nncn3n2)CC1. The Hall–Kier alpha value is -3.16. The van der Waals surface area contributed by atoms with Crippen LogP contribution in [0.25, 0.3) is 5.65 Å². The molecule has 4 rings (SSSR count). The standard InChI is InChI=1S/C20H25N7O/c1-14-12-16(25(2)3)4-5-17(14)22-20(28)15-8-10-26(11-9-15)19-7-6-18-23-21-13-27(18)24-19/h4-7,12-13,15H,8-11H2,1-3H3,(H,22,28). The maximum atomic E-state index is 12.7. The van der Waals surface area contributed by atoms with Gasteiger partial charge in [0.25, 0.3) is 0 Å². The molecular formula is C20H25N7O. The summed E-state index contributed by atoms with van der Waals surface area (Å²) in [7, 11) is 4.02. The first-order valence-corrected chi connectivity index (χ1v) is 9.52. The summed E-state index contributed by atoms with van der Waals surface area (Å²) in [6.45, 7) is 3.63. The number of anilines is 3. The first-order chi connectivity index (χ1) is 13.5. The van der Waals surface area contributed by atoms with E-state index in [1.807, 2.05) is 45.3 Å². The predicted octanol–water partition coefficient (Wildman–Crippen LogP) is 2.35. The summed E-state index contributed by atoms with van der Waals surface area (Å²) in [4.78, 5) is 17.0. The van der Waals surface area contributed by atoms with Gasteiger partial charge in [0.05, 0.1) is 0 Å². The number of hydrogen-bond donors (Lipinski definition) is 1. The molecule has 146 valence electrons. The summed E-state index contributed by atoms with van der Waals surface area (Å²) in [5, 5.41) is 15.5. The van der Waals surface area contributed by atoms with Gasteiger partial charge in [-0.05, 0) is 55.7 Å². The van der Waals surface area contributed by atoms with Crippen LogP contribution in [-0.2, 0) is 4.79 Å². The van der Waals surface area contributed by atoms with Crippen molar-refractivity contribution in [1.82, 2.24) is 19.8 Å². The highest BCUT2D eigenvalue weighted by atomic mass is 16.1. The second kappa shape index (κ2) is 7.46. The average molecular weight is 379 g/mol. The number of carbonyl (C=O) groups excluding carboxylic acids is 1. The van der Waals surface area contributed by atoms with E-state index in [4.69, 9.17) is 0 Å². The van der Waals surface area contributed by atoms with E-state index in [0.29, 0.717) is 0 Å². The van der Waals surface area contributed by atoms with Crippen molar-refractivity contribution in [2.24, 2.45) is 5.92 Å². The largest absolute Gasteiger partial charge is 0.378 e. The first kappa shape index (κ1) is 18.2. The van der Waals surface area contributed by atoms with Gasteiger partial charge in [-0.15, -0.1) is 15.3 Å². The molecule has 1 aliphatic rings. The topological polar surface area (TPSA) is 78.7 Å². The minimum Gasteiger partial charge on any atom is -0.378 e. The quantitative estimate of drug-likeness (QED) is 0.750. The molecule has 28 heavy (non-hydrogen) atoms. The monoisotopic (exact) mass is 379 g/mol. The van der Waals surface area contributed by atoms with Gasteiger partial charge < -0.3 is 15.1 Å². The zero-order chi connectivity index (χ0) is 19.7. The van der Waals surface area contributed by atoms with Gasteiger partial charge in [-0.25, -0.2) is 0 Å². The first-order valence-electron chi connectivity index (χ1n) is 9.52. The molecule has 0 radical (unpaired) electrons. The molecule has 1 N–H and O–H groups in total. The Morgan fingerprint density at radius 1 is 1.18 bits per heavy atom. The second-order valence-corrected chi connectivity index (χ2v) is 7.47. The van der Waals surface area contributed by atoms with E-state index in [-0.39, 0.29) is 11.8 Å². The number of rotatable bonds is 4. The van der Waals surface area contributed by atoms with Crippen molar-refractivity contribution in [3.05, 3.63) is 42.2 Å². The Morgan fingerprint density at radius 2 is 1.96 bits per heavy atom. The van der Waals surface area contributed by atoms with Crippen LogP contribution in [0, 0.1) is 12.8 Å². The molecule has 0 unspecified atom stereocenters. The van der Waals surface area contributed by atoms with Gasteiger partial charge in [0.2, 0.25) is 5.91 Å². The van der Waals surface area contributed by atoms with Crippen LogP contribution in [0.4, 0.5) is 17.2 Å². The fourth-order valence-corrected chi connectivity index (χ4v) is 3.56. The predicted molar refractivity (Wildman–Crippen MR) is 110 cm³/mol. The zero-order valence-corrected chi connectivity index (χ0v) is 16.5. The molecule has 0 aliphatic carbocycles. The number of aromatic nitrogens is 4.